The minimum atomic E-state index is -0.198. The van der Waals surface area contributed by atoms with Gasteiger partial charge in [-0.25, -0.2) is 4.79 Å². The van der Waals surface area contributed by atoms with E-state index in [0.717, 1.165) is 10.6 Å². The zero-order valence-corrected chi connectivity index (χ0v) is 16.5. The molecule has 27 heavy (non-hydrogen) atoms. The van der Waals surface area contributed by atoms with Crippen molar-refractivity contribution in [3.63, 3.8) is 0 Å². The van der Waals surface area contributed by atoms with E-state index in [1.54, 1.807) is 42.6 Å². The Labute approximate surface area is 162 Å². The minimum Gasteiger partial charge on any atom is -0.493 e. The first-order valence-electron chi connectivity index (χ1n) is 8.52. The van der Waals surface area contributed by atoms with Crippen molar-refractivity contribution in [2.75, 3.05) is 19.5 Å². The molecule has 2 heterocycles. The van der Waals surface area contributed by atoms with E-state index in [4.69, 9.17) is 9.47 Å². The third kappa shape index (κ3) is 4.43. The fraction of sp³-hybridized carbons (Fsp3) is 0.250. The number of aromatic nitrogens is 1. The Morgan fingerprint density at radius 1 is 1.11 bits per heavy atom. The average molecular weight is 385 g/mol. The predicted octanol–water partition coefficient (Wildman–Crippen LogP) is 4.34. The molecule has 0 aliphatic heterocycles. The second kappa shape index (κ2) is 8.64. The lowest BCUT2D eigenvalue weighted by Crippen LogP contribution is -2.34. The van der Waals surface area contributed by atoms with Crippen molar-refractivity contribution in [3.8, 4) is 11.5 Å². The van der Waals surface area contributed by atoms with Gasteiger partial charge in [-0.1, -0.05) is 12.1 Å². The van der Waals surface area contributed by atoms with Crippen LogP contribution < -0.4 is 14.8 Å². The number of hydrogen-bond acceptors (Lipinski definition) is 4. The summed E-state index contributed by atoms with van der Waals surface area (Å²) in [5, 5.41) is 4.97. The summed E-state index contributed by atoms with van der Waals surface area (Å²) < 4.78 is 12.7. The van der Waals surface area contributed by atoms with Gasteiger partial charge in [0, 0.05) is 23.8 Å². The lowest BCUT2D eigenvalue weighted by atomic mass is 10.2. The van der Waals surface area contributed by atoms with E-state index in [9.17, 15) is 4.79 Å². The number of para-hydroxylation sites is 1. The smallest absolute Gasteiger partial charge is 0.322 e. The molecule has 0 radical (unpaired) electrons. The van der Waals surface area contributed by atoms with Gasteiger partial charge in [0.05, 0.1) is 33.0 Å². The molecule has 0 unspecified atom stereocenters. The van der Waals surface area contributed by atoms with Gasteiger partial charge >= 0.3 is 6.03 Å². The van der Waals surface area contributed by atoms with Crippen molar-refractivity contribution < 1.29 is 14.3 Å². The van der Waals surface area contributed by atoms with Crippen LogP contribution in [0.3, 0.4) is 0 Å². The highest BCUT2D eigenvalue weighted by Gasteiger charge is 2.19. The van der Waals surface area contributed by atoms with Crippen LogP contribution in [0.4, 0.5) is 10.5 Å². The molecule has 0 bridgehead atoms. The molecule has 2 aromatic heterocycles. The molecule has 0 aliphatic rings. The number of carbonyl (C=O) groups excluding carboxylic acids is 1. The van der Waals surface area contributed by atoms with Crippen molar-refractivity contribution in [1.29, 1.82) is 0 Å². The first kappa shape index (κ1) is 18.8. The molecule has 0 saturated carbocycles. The predicted molar refractivity (Wildman–Crippen MR) is 108 cm³/mol. The van der Waals surface area contributed by atoms with Crippen LogP contribution in [0.15, 0.2) is 54.0 Å². The van der Waals surface area contributed by atoms with E-state index >= 15 is 0 Å². The van der Waals surface area contributed by atoms with E-state index in [1.165, 1.54) is 0 Å². The van der Waals surface area contributed by atoms with Crippen molar-refractivity contribution >= 4 is 23.1 Å². The third-order valence-electron chi connectivity index (χ3n) is 4.26. The van der Waals surface area contributed by atoms with Crippen molar-refractivity contribution in [2.45, 2.75) is 13.1 Å². The maximum absolute atomic E-state index is 13.1. The van der Waals surface area contributed by atoms with E-state index in [2.05, 4.69) is 5.32 Å². The molecule has 3 rings (SSSR count). The summed E-state index contributed by atoms with van der Waals surface area (Å²) >= 11 is 1.63. The molecular weight excluding hydrogens is 362 g/mol. The molecule has 1 aromatic carbocycles. The maximum Gasteiger partial charge on any atom is 0.322 e. The topological polar surface area (TPSA) is 55.7 Å². The Morgan fingerprint density at radius 3 is 2.59 bits per heavy atom. The first-order valence-corrected chi connectivity index (χ1v) is 9.40. The summed E-state index contributed by atoms with van der Waals surface area (Å²) in [6.07, 6.45) is 1.97. The van der Waals surface area contributed by atoms with E-state index in [-0.39, 0.29) is 6.03 Å². The average Bonchev–Trinajstić information content (AvgIpc) is 3.33. The van der Waals surface area contributed by atoms with Gasteiger partial charge in [0.15, 0.2) is 11.5 Å². The molecule has 3 aromatic rings. The van der Waals surface area contributed by atoms with Crippen molar-refractivity contribution in [1.82, 2.24) is 9.47 Å². The normalized spacial score (nSPS) is 10.5. The van der Waals surface area contributed by atoms with Crippen LogP contribution in [0.5, 0.6) is 11.5 Å². The molecule has 0 aliphatic carbocycles. The van der Waals surface area contributed by atoms with Crippen molar-refractivity contribution in [2.24, 2.45) is 7.05 Å². The van der Waals surface area contributed by atoms with Gasteiger partial charge in [0.1, 0.15) is 0 Å². The molecule has 0 saturated heterocycles. The number of carbonyl (C=O) groups is 1. The zero-order valence-electron chi connectivity index (χ0n) is 15.6. The zero-order chi connectivity index (χ0) is 19.2. The van der Waals surface area contributed by atoms with Crippen LogP contribution >= 0.6 is 11.3 Å². The van der Waals surface area contributed by atoms with Crippen LogP contribution in [0.2, 0.25) is 0 Å². The highest BCUT2D eigenvalue weighted by Crippen LogP contribution is 2.35. The summed E-state index contributed by atoms with van der Waals surface area (Å²) in [4.78, 5) is 16.0. The number of nitrogens with one attached hydrogen (secondary N) is 1. The number of hydrogen-bond donors (Lipinski definition) is 1. The molecule has 1 N–H and O–H groups in total. The van der Waals surface area contributed by atoms with Crippen LogP contribution in [0.25, 0.3) is 0 Å². The van der Waals surface area contributed by atoms with Crippen LogP contribution in [-0.2, 0) is 20.1 Å². The largest absolute Gasteiger partial charge is 0.493 e. The van der Waals surface area contributed by atoms with Gasteiger partial charge in [-0.2, -0.15) is 0 Å². The van der Waals surface area contributed by atoms with Crippen LogP contribution in [0.1, 0.15) is 10.6 Å². The van der Waals surface area contributed by atoms with Gasteiger partial charge in [0.2, 0.25) is 0 Å². The molecule has 142 valence electrons. The van der Waals surface area contributed by atoms with Gasteiger partial charge in [0.25, 0.3) is 0 Å². The van der Waals surface area contributed by atoms with Crippen LogP contribution in [-0.4, -0.2) is 29.7 Å². The highest BCUT2D eigenvalue weighted by molar-refractivity contribution is 7.09. The minimum absolute atomic E-state index is 0.198. The molecule has 7 heteroatoms. The van der Waals surface area contributed by atoms with Gasteiger partial charge in [-0.15, -0.1) is 11.3 Å². The Kier molecular flexibility index (Phi) is 6.03. The number of nitrogens with zero attached hydrogens (tertiary/aromatic N) is 2. The Bertz CT molecular complexity index is 890. The van der Waals surface area contributed by atoms with E-state index in [1.807, 2.05) is 53.5 Å². The molecule has 0 fully saturated rings. The second-order valence-corrected chi connectivity index (χ2v) is 7.05. The van der Waals surface area contributed by atoms with Gasteiger partial charge in [-0.05, 0) is 35.7 Å². The van der Waals surface area contributed by atoms with E-state index < -0.39 is 0 Å². The summed E-state index contributed by atoms with van der Waals surface area (Å²) in [7, 11) is 5.10. The number of rotatable bonds is 7. The molecule has 6 nitrogen and oxygen atoms in total. The Morgan fingerprint density at radius 2 is 1.96 bits per heavy atom. The lowest BCUT2D eigenvalue weighted by molar-refractivity contribution is 0.205. The maximum atomic E-state index is 13.1. The molecule has 0 atom stereocenters. The Hall–Kier alpha value is -2.93. The number of urea groups is 1. The highest BCUT2D eigenvalue weighted by atomic mass is 32.1. The number of aryl methyl sites for hydroxylation is 1. The van der Waals surface area contributed by atoms with Crippen LogP contribution in [0, 0.1) is 0 Å². The first-order chi connectivity index (χ1) is 13.1. The Balaban J connectivity index is 1.83. The summed E-state index contributed by atoms with van der Waals surface area (Å²) in [6.45, 7) is 1.03. The van der Waals surface area contributed by atoms with Gasteiger partial charge < -0.3 is 24.3 Å². The number of amides is 2. The fourth-order valence-electron chi connectivity index (χ4n) is 2.83. The third-order valence-corrected chi connectivity index (χ3v) is 5.12. The molecule has 2 amide bonds. The standard InChI is InChI=1S/C20H23N3O3S/c1-22-11-5-7-15(22)13-23(14-16-8-6-12-27-16)20(24)21-17-9-4-10-18(25-2)19(17)26-3/h4-12H,13-14H2,1-3H3,(H,21,24). The van der Waals surface area contributed by atoms with Crippen molar-refractivity contribution in [3.05, 3.63) is 64.6 Å². The molecule has 0 spiro atoms. The number of anilines is 1. The number of methoxy groups -OCH3 is 2. The summed E-state index contributed by atoms with van der Waals surface area (Å²) in [5.74, 6) is 1.07. The monoisotopic (exact) mass is 385 g/mol. The lowest BCUT2D eigenvalue weighted by Gasteiger charge is -2.24. The number of ether oxygens (including phenoxy) is 2. The number of benzene rings is 1. The second-order valence-electron chi connectivity index (χ2n) is 6.02. The fourth-order valence-corrected chi connectivity index (χ4v) is 3.55. The molecular formula is C20H23N3O3S. The summed E-state index contributed by atoms with van der Waals surface area (Å²) in [5.41, 5.74) is 1.63. The SMILES string of the molecule is COc1cccc(NC(=O)N(Cc2cccs2)Cc2cccn2C)c1OC. The summed E-state index contributed by atoms with van der Waals surface area (Å²) in [6, 6.07) is 13.2. The number of thiophene rings is 1. The van der Waals surface area contributed by atoms with Gasteiger partial charge in [-0.3, -0.25) is 0 Å². The quantitative estimate of drug-likeness (QED) is 0.658. The van der Waals surface area contributed by atoms with E-state index in [0.29, 0.717) is 30.3 Å².